The van der Waals surface area contributed by atoms with Gasteiger partial charge in [0, 0.05) is 11.4 Å². The van der Waals surface area contributed by atoms with Crippen LogP contribution in [0.1, 0.15) is 21.5 Å². The molecule has 0 fully saturated rings. The summed E-state index contributed by atoms with van der Waals surface area (Å²) in [7, 11) is 0. The molecule has 2 amide bonds. The van der Waals surface area contributed by atoms with Crippen LogP contribution in [0.15, 0.2) is 42.5 Å². The molecule has 0 aliphatic heterocycles. The van der Waals surface area contributed by atoms with Gasteiger partial charge in [-0.15, -0.1) is 0 Å². The highest BCUT2D eigenvalue weighted by molar-refractivity contribution is 6.01. The quantitative estimate of drug-likeness (QED) is 0.805. The number of hydrogen-bond acceptors (Lipinski definition) is 2. The van der Waals surface area contributed by atoms with E-state index in [-0.39, 0.29) is 5.56 Å². The highest BCUT2D eigenvalue weighted by Gasteiger charge is 2.08. The molecule has 2 aromatic rings. The number of hydrogen-bond donors (Lipinski definition) is 3. The highest BCUT2D eigenvalue weighted by Crippen LogP contribution is 2.18. The molecular weight excluding hydrogens is 268 g/mol. The molecule has 5 heteroatoms. The second kappa shape index (κ2) is 6.09. The number of rotatable bonds is 3. The van der Waals surface area contributed by atoms with Gasteiger partial charge in [0.05, 0.1) is 5.56 Å². The Balaban J connectivity index is 2.10. The van der Waals surface area contributed by atoms with Crippen molar-refractivity contribution in [3.8, 4) is 0 Å². The molecule has 5 nitrogen and oxygen atoms in total. The number of carbonyl (C=O) groups is 2. The van der Waals surface area contributed by atoms with Crippen LogP contribution < -0.4 is 10.6 Å². The minimum atomic E-state index is -1.03. The van der Waals surface area contributed by atoms with Crippen LogP contribution in [-0.4, -0.2) is 17.1 Å². The Morgan fingerprint density at radius 2 is 1.71 bits per heavy atom. The topological polar surface area (TPSA) is 78.4 Å². The molecule has 0 atom stereocenters. The SMILES string of the molecule is Cc1cccc(NC(=O)Nc2cccc(C(=O)O)c2)c1C. The van der Waals surface area contributed by atoms with E-state index in [1.54, 1.807) is 12.1 Å². The van der Waals surface area contributed by atoms with E-state index in [0.29, 0.717) is 5.69 Å². The average Bonchev–Trinajstić information content (AvgIpc) is 2.44. The van der Waals surface area contributed by atoms with E-state index in [9.17, 15) is 9.59 Å². The van der Waals surface area contributed by atoms with E-state index < -0.39 is 12.0 Å². The van der Waals surface area contributed by atoms with Crippen molar-refractivity contribution in [1.29, 1.82) is 0 Å². The lowest BCUT2D eigenvalue weighted by atomic mass is 10.1. The van der Waals surface area contributed by atoms with Gasteiger partial charge in [0.25, 0.3) is 0 Å². The van der Waals surface area contributed by atoms with Crippen LogP contribution in [0, 0.1) is 13.8 Å². The van der Waals surface area contributed by atoms with Gasteiger partial charge in [-0.2, -0.15) is 0 Å². The van der Waals surface area contributed by atoms with E-state index in [1.165, 1.54) is 12.1 Å². The first-order valence-electron chi connectivity index (χ1n) is 6.45. The van der Waals surface area contributed by atoms with E-state index in [1.807, 2.05) is 32.0 Å². The number of amides is 2. The maximum absolute atomic E-state index is 12.0. The molecule has 0 unspecified atom stereocenters. The largest absolute Gasteiger partial charge is 0.478 e. The number of urea groups is 1. The van der Waals surface area contributed by atoms with Gasteiger partial charge in [-0.05, 0) is 49.2 Å². The van der Waals surface area contributed by atoms with Gasteiger partial charge >= 0.3 is 12.0 Å². The molecule has 21 heavy (non-hydrogen) atoms. The van der Waals surface area contributed by atoms with E-state index in [4.69, 9.17) is 5.11 Å². The first-order chi connectivity index (χ1) is 9.97. The molecule has 0 spiro atoms. The maximum Gasteiger partial charge on any atom is 0.335 e. The summed E-state index contributed by atoms with van der Waals surface area (Å²) in [5.41, 5.74) is 3.35. The van der Waals surface area contributed by atoms with Crippen LogP contribution in [0.3, 0.4) is 0 Å². The average molecular weight is 284 g/mol. The van der Waals surface area contributed by atoms with Crippen LogP contribution in [0.5, 0.6) is 0 Å². The summed E-state index contributed by atoms with van der Waals surface area (Å²) in [4.78, 5) is 22.8. The fourth-order valence-electron chi connectivity index (χ4n) is 1.90. The van der Waals surface area contributed by atoms with Gasteiger partial charge in [-0.1, -0.05) is 18.2 Å². The van der Waals surface area contributed by atoms with Gasteiger partial charge in [-0.25, -0.2) is 9.59 Å². The molecule has 0 radical (unpaired) electrons. The monoisotopic (exact) mass is 284 g/mol. The summed E-state index contributed by atoms with van der Waals surface area (Å²) in [6.07, 6.45) is 0. The Morgan fingerprint density at radius 3 is 2.43 bits per heavy atom. The van der Waals surface area contributed by atoms with Gasteiger partial charge < -0.3 is 15.7 Å². The minimum Gasteiger partial charge on any atom is -0.478 e. The maximum atomic E-state index is 12.0. The summed E-state index contributed by atoms with van der Waals surface area (Å²) in [5, 5.41) is 14.3. The number of anilines is 2. The zero-order valence-corrected chi connectivity index (χ0v) is 11.8. The molecule has 0 aliphatic carbocycles. The van der Waals surface area contributed by atoms with Crippen LogP contribution >= 0.6 is 0 Å². The highest BCUT2D eigenvalue weighted by atomic mass is 16.4. The van der Waals surface area contributed by atoms with Crippen molar-refractivity contribution in [2.75, 3.05) is 10.6 Å². The molecule has 0 saturated carbocycles. The lowest BCUT2D eigenvalue weighted by Gasteiger charge is -2.11. The Kier molecular flexibility index (Phi) is 4.23. The summed E-state index contributed by atoms with van der Waals surface area (Å²) in [6.45, 7) is 3.89. The van der Waals surface area contributed by atoms with Gasteiger partial charge in [0.1, 0.15) is 0 Å². The molecule has 2 aromatic carbocycles. The van der Waals surface area contributed by atoms with Gasteiger partial charge in [0.2, 0.25) is 0 Å². The molecule has 0 aromatic heterocycles. The Bertz CT molecular complexity index is 696. The Morgan fingerprint density at radius 1 is 1.00 bits per heavy atom. The van der Waals surface area contributed by atoms with Gasteiger partial charge in [0.15, 0.2) is 0 Å². The third-order valence-corrected chi connectivity index (χ3v) is 3.22. The van der Waals surface area contributed by atoms with Crippen molar-refractivity contribution in [3.63, 3.8) is 0 Å². The predicted octanol–water partition coefficient (Wildman–Crippen LogP) is 3.65. The molecule has 0 heterocycles. The molecule has 0 aliphatic rings. The minimum absolute atomic E-state index is 0.125. The lowest BCUT2D eigenvalue weighted by Crippen LogP contribution is -2.20. The smallest absolute Gasteiger partial charge is 0.335 e. The van der Waals surface area contributed by atoms with E-state index in [0.717, 1.165) is 16.8 Å². The van der Waals surface area contributed by atoms with Crippen LogP contribution in [0.4, 0.5) is 16.2 Å². The number of carboxylic acid groups (broad SMARTS) is 1. The van der Waals surface area contributed by atoms with Crippen molar-refractivity contribution in [3.05, 3.63) is 59.2 Å². The van der Waals surface area contributed by atoms with Crippen molar-refractivity contribution >= 4 is 23.4 Å². The van der Waals surface area contributed by atoms with E-state index in [2.05, 4.69) is 10.6 Å². The van der Waals surface area contributed by atoms with Crippen LogP contribution in [-0.2, 0) is 0 Å². The van der Waals surface area contributed by atoms with E-state index >= 15 is 0 Å². The Hall–Kier alpha value is -2.82. The van der Waals surface area contributed by atoms with Crippen molar-refractivity contribution in [1.82, 2.24) is 0 Å². The molecule has 0 saturated heterocycles. The third-order valence-electron chi connectivity index (χ3n) is 3.22. The summed E-state index contributed by atoms with van der Waals surface area (Å²) < 4.78 is 0. The first-order valence-corrected chi connectivity index (χ1v) is 6.45. The predicted molar refractivity (Wildman–Crippen MR) is 82.0 cm³/mol. The normalized spacial score (nSPS) is 10.0. The second-order valence-electron chi connectivity index (χ2n) is 4.71. The number of aromatic carboxylic acids is 1. The van der Waals surface area contributed by atoms with Crippen LogP contribution in [0.25, 0.3) is 0 Å². The first kappa shape index (κ1) is 14.6. The van der Waals surface area contributed by atoms with Crippen LogP contribution in [0.2, 0.25) is 0 Å². The molecule has 2 rings (SSSR count). The number of carbonyl (C=O) groups excluding carboxylic acids is 1. The van der Waals surface area contributed by atoms with Crippen molar-refractivity contribution in [2.24, 2.45) is 0 Å². The molecule has 0 bridgehead atoms. The number of aryl methyl sites for hydroxylation is 1. The standard InChI is InChI=1S/C16H16N2O3/c1-10-5-3-8-14(11(10)2)18-16(21)17-13-7-4-6-12(9-13)15(19)20/h3-9H,1-2H3,(H,19,20)(H2,17,18,21). The number of carboxylic acids is 1. The van der Waals surface area contributed by atoms with Crippen molar-refractivity contribution in [2.45, 2.75) is 13.8 Å². The molecule has 108 valence electrons. The summed E-state index contributed by atoms with van der Waals surface area (Å²) in [5.74, 6) is -1.03. The second-order valence-corrected chi connectivity index (χ2v) is 4.71. The number of nitrogens with one attached hydrogen (secondary N) is 2. The third kappa shape index (κ3) is 3.60. The van der Waals surface area contributed by atoms with Crippen molar-refractivity contribution < 1.29 is 14.7 Å². The molecule has 3 N–H and O–H groups in total. The fraction of sp³-hybridized carbons (Fsp3) is 0.125. The summed E-state index contributed by atoms with van der Waals surface area (Å²) in [6, 6.07) is 11.3. The Labute approximate surface area is 122 Å². The molecular formula is C16H16N2O3. The zero-order valence-electron chi connectivity index (χ0n) is 11.8. The lowest BCUT2D eigenvalue weighted by molar-refractivity contribution is 0.0697. The summed E-state index contributed by atoms with van der Waals surface area (Å²) >= 11 is 0. The zero-order chi connectivity index (χ0) is 15.4. The number of benzene rings is 2. The fourth-order valence-corrected chi connectivity index (χ4v) is 1.90. The van der Waals surface area contributed by atoms with Gasteiger partial charge in [-0.3, -0.25) is 0 Å².